The summed E-state index contributed by atoms with van der Waals surface area (Å²) in [6.07, 6.45) is 8.72. The van der Waals surface area contributed by atoms with Gasteiger partial charge in [-0.2, -0.15) is 0 Å². The summed E-state index contributed by atoms with van der Waals surface area (Å²) in [6.45, 7) is 2.76. The molecule has 0 atom stereocenters. The molecule has 3 heteroatoms. The average molecular weight is 153 g/mol. The molecule has 0 radical (unpaired) electrons. The SMILES string of the molecule is CCCC/C=C\CCN=[N+]=[N-]. The largest absolute Gasteiger partial charge is 0.0937 e. The van der Waals surface area contributed by atoms with Crippen LogP contribution in [-0.2, 0) is 0 Å². The van der Waals surface area contributed by atoms with Crippen molar-refractivity contribution in [1.29, 1.82) is 0 Å². The van der Waals surface area contributed by atoms with Crippen LogP contribution in [0.3, 0.4) is 0 Å². The van der Waals surface area contributed by atoms with Gasteiger partial charge in [0.25, 0.3) is 0 Å². The van der Waals surface area contributed by atoms with E-state index in [0.29, 0.717) is 6.54 Å². The van der Waals surface area contributed by atoms with Gasteiger partial charge in [0.05, 0.1) is 0 Å². The predicted octanol–water partition coefficient (Wildman–Crippen LogP) is 3.43. The molecule has 3 nitrogen and oxygen atoms in total. The van der Waals surface area contributed by atoms with E-state index in [2.05, 4.69) is 29.1 Å². The summed E-state index contributed by atoms with van der Waals surface area (Å²) in [4.78, 5) is 2.66. The lowest BCUT2D eigenvalue weighted by molar-refractivity contribution is 0.811. The van der Waals surface area contributed by atoms with E-state index in [1.165, 1.54) is 12.8 Å². The van der Waals surface area contributed by atoms with Gasteiger partial charge < -0.3 is 0 Å². The first kappa shape index (κ1) is 10.0. The summed E-state index contributed by atoms with van der Waals surface area (Å²) < 4.78 is 0. The number of unbranched alkanes of at least 4 members (excludes halogenated alkanes) is 2. The molecule has 0 aliphatic carbocycles. The fourth-order valence-corrected chi connectivity index (χ4v) is 0.735. The van der Waals surface area contributed by atoms with Crippen LogP contribution >= 0.6 is 0 Å². The van der Waals surface area contributed by atoms with Gasteiger partial charge in [-0.15, -0.1) is 0 Å². The molecular weight excluding hydrogens is 138 g/mol. The van der Waals surface area contributed by atoms with E-state index in [1.54, 1.807) is 0 Å². The molecule has 0 heterocycles. The predicted molar refractivity (Wildman–Crippen MR) is 47.3 cm³/mol. The zero-order valence-corrected chi connectivity index (χ0v) is 7.03. The second kappa shape index (κ2) is 9.05. The Balaban J connectivity index is 3.09. The van der Waals surface area contributed by atoms with Gasteiger partial charge in [-0.25, -0.2) is 0 Å². The highest BCUT2D eigenvalue weighted by molar-refractivity contribution is 4.81. The quantitative estimate of drug-likeness (QED) is 0.184. The Morgan fingerprint density at radius 1 is 1.36 bits per heavy atom. The molecule has 0 fully saturated rings. The highest BCUT2D eigenvalue weighted by atomic mass is 15.1. The van der Waals surface area contributed by atoms with Crippen LogP contribution in [0.1, 0.15) is 32.6 Å². The van der Waals surface area contributed by atoms with Crippen molar-refractivity contribution in [1.82, 2.24) is 0 Å². The minimum atomic E-state index is 0.582. The van der Waals surface area contributed by atoms with Crippen LogP contribution in [0.2, 0.25) is 0 Å². The van der Waals surface area contributed by atoms with Gasteiger partial charge in [0.1, 0.15) is 0 Å². The first-order chi connectivity index (χ1) is 5.41. The van der Waals surface area contributed by atoms with Crippen molar-refractivity contribution in [2.75, 3.05) is 6.54 Å². The van der Waals surface area contributed by atoms with Gasteiger partial charge in [-0.1, -0.05) is 37.0 Å². The van der Waals surface area contributed by atoms with Crippen LogP contribution in [-0.4, -0.2) is 6.54 Å². The van der Waals surface area contributed by atoms with E-state index >= 15 is 0 Å². The molecule has 11 heavy (non-hydrogen) atoms. The zero-order valence-electron chi connectivity index (χ0n) is 7.03. The maximum absolute atomic E-state index is 7.94. The molecule has 0 aromatic heterocycles. The molecule has 0 rings (SSSR count). The topological polar surface area (TPSA) is 48.8 Å². The summed E-state index contributed by atoms with van der Waals surface area (Å²) in [5, 5.41) is 3.42. The van der Waals surface area contributed by atoms with Gasteiger partial charge >= 0.3 is 0 Å². The Kier molecular flexibility index (Phi) is 8.27. The number of azide groups is 1. The number of hydrogen-bond acceptors (Lipinski definition) is 1. The van der Waals surface area contributed by atoms with Crippen molar-refractivity contribution >= 4 is 0 Å². The third-order valence-electron chi connectivity index (χ3n) is 1.35. The minimum Gasteiger partial charge on any atom is -0.0937 e. The molecule has 0 unspecified atom stereocenters. The summed E-state index contributed by atoms with van der Waals surface area (Å²) in [6, 6.07) is 0. The molecule has 0 aromatic rings. The molecule has 0 aliphatic heterocycles. The maximum atomic E-state index is 7.94. The molecule has 0 bridgehead atoms. The van der Waals surface area contributed by atoms with Crippen LogP contribution in [0.5, 0.6) is 0 Å². The zero-order chi connectivity index (χ0) is 8.36. The van der Waals surface area contributed by atoms with Crippen molar-refractivity contribution < 1.29 is 0 Å². The van der Waals surface area contributed by atoms with Crippen molar-refractivity contribution in [3.05, 3.63) is 22.6 Å². The highest BCUT2D eigenvalue weighted by Gasteiger charge is 1.78. The minimum absolute atomic E-state index is 0.582. The third kappa shape index (κ3) is 9.05. The summed E-state index contributed by atoms with van der Waals surface area (Å²) in [5.41, 5.74) is 7.94. The van der Waals surface area contributed by atoms with Crippen LogP contribution in [0.15, 0.2) is 17.3 Å². The van der Waals surface area contributed by atoms with Crippen LogP contribution in [0.4, 0.5) is 0 Å². The van der Waals surface area contributed by atoms with Gasteiger partial charge in [-0.3, -0.25) is 0 Å². The Morgan fingerprint density at radius 2 is 2.09 bits per heavy atom. The molecular formula is C8H15N3. The molecule has 0 N–H and O–H groups in total. The van der Waals surface area contributed by atoms with Gasteiger partial charge in [0.2, 0.25) is 0 Å². The smallest absolute Gasteiger partial charge is 0.0292 e. The summed E-state index contributed by atoms with van der Waals surface area (Å²) in [5.74, 6) is 0. The first-order valence-electron chi connectivity index (χ1n) is 4.07. The van der Waals surface area contributed by atoms with E-state index in [1.807, 2.05) is 0 Å². The molecule has 62 valence electrons. The number of allylic oxidation sites excluding steroid dienone is 1. The van der Waals surface area contributed by atoms with Gasteiger partial charge in [0, 0.05) is 11.5 Å². The maximum Gasteiger partial charge on any atom is 0.0292 e. The Bertz CT molecular complexity index is 145. The standard InChI is InChI=1S/C8H15N3/c1-2-3-4-5-6-7-8-10-11-9/h5-6H,2-4,7-8H2,1H3/b6-5-. The molecule has 0 amide bonds. The van der Waals surface area contributed by atoms with E-state index in [9.17, 15) is 0 Å². The number of hydrogen-bond donors (Lipinski definition) is 0. The monoisotopic (exact) mass is 153 g/mol. The molecule has 0 saturated carbocycles. The lowest BCUT2D eigenvalue weighted by atomic mass is 10.2. The van der Waals surface area contributed by atoms with E-state index in [-0.39, 0.29) is 0 Å². The molecule has 0 aliphatic rings. The lowest BCUT2D eigenvalue weighted by Crippen LogP contribution is -1.73. The van der Waals surface area contributed by atoms with Crippen molar-refractivity contribution in [2.24, 2.45) is 5.11 Å². The average Bonchev–Trinajstić information content (AvgIpc) is 2.03. The normalized spacial score (nSPS) is 9.91. The lowest BCUT2D eigenvalue weighted by Gasteiger charge is -1.87. The molecule has 0 saturated heterocycles. The second-order valence-electron chi connectivity index (χ2n) is 2.36. The van der Waals surface area contributed by atoms with Gasteiger partial charge in [-0.05, 0) is 18.4 Å². The van der Waals surface area contributed by atoms with Crippen molar-refractivity contribution in [2.45, 2.75) is 32.6 Å². The van der Waals surface area contributed by atoms with Crippen molar-refractivity contribution in [3.8, 4) is 0 Å². The Hall–Kier alpha value is -0.950. The van der Waals surface area contributed by atoms with E-state index in [4.69, 9.17) is 5.53 Å². The second-order valence-corrected chi connectivity index (χ2v) is 2.36. The highest BCUT2D eigenvalue weighted by Crippen LogP contribution is 1.95. The van der Waals surface area contributed by atoms with Crippen molar-refractivity contribution in [3.63, 3.8) is 0 Å². The van der Waals surface area contributed by atoms with Crippen LogP contribution in [0, 0.1) is 0 Å². The first-order valence-corrected chi connectivity index (χ1v) is 4.07. The van der Waals surface area contributed by atoms with Gasteiger partial charge in [0.15, 0.2) is 0 Å². The van der Waals surface area contributed by atoms with Crippen LogP contribution < -0.4 is 0 Å². The van der Waals surface area contributed by atoms with Crippen LogP contribution in [0.25, 0.3) is 10.4 Å². The van der Waals surface area contributed by atoms with E-state index < -0.39 is 0 Å². The molecule has 0 aromatic carbocycles. The molecule has 0 spiro atoms. The number of nitrogens with zero attached hydrogens (tertiary/aromatic N) is 3. The summed E-state index contributed by atoms with van der Waals surface area (Å²) in [7, 11) is 0. The number of rotatable bonds is 6. The third-order valence-corrected chi connectivity index (χ3v) is 1.35. The van der Waals surface area contributed by atoms with E-state index in [0.717, 1.165) is 12.8 Å². The Labute approximate surface area is 67.7 Å². The Morgan fingerprint density at radius 3 is 2.73 bits per heavy atom. The fourth-order valence-electron chi connectivity index (χ4n) is 0.735. The fraction of sp³-hybridized carbons (Fsp3) is 0.750. The summed E-state index contributed by atoms with van der Waals surface area (Å²) >= 11 is 0.